The van der Waals surface area contributed by atoms with Crippen LogP contribution in [0.2, 0.25) is 0 Å². The molecule has 0 amide bonds. The maximum absolute atomic E-state index is 11.1. The van der Waals surface area contributed by atoms with Crippen molar-refractivity contribution >= 4 is 23.3 Å². The van der Waals surface area contributed by atoms with Crippen molar-refractivity contribution in [3.8, 4) is 0 Å². The molecule has 2 rings (SSSR count). The van der Waals surface area contributed by atoms with Crippen LogP contribution in [0.1, 0.15) is 11.1 Å². The van der Waals surface area contributed by atoms with Gasteiger partial charge in [0.15, 0.2) is 0 Å². The third kappa shape index (κ3) is 3.82. The summed E-state index contributed by atoms with van der Waals surface area (Å²) in [4.78, 5) is 12.4. The predicted molar refractivity (Wildman–Crippen MR) is 89.8 cm³/mol. The molecule has 0 unspecified atom stereocenters. The van der Waals surface area contributed by atoms with Gasteiger partial charge < -0.3 is 4.90 Å². The summed E-state index contributed by atoms with van der Waals surface area (Å²) >= 11 is 0. The highest BCUT2D eigenvalue weighted by Gasteiger charge is 2.15. The molecule has 0 fully saturated rings. The molecule has 0 aliphatic carbocycles. The zero-order valence-electron chi connectivity index (χ0n) is 12.8. The lowest BCUT2D eigenvalue weighted by atomic mass is 10.2. The maximum atomic E-state index is 11.1. The number of nitro benzene ring substituents is 1. The molecule has 0 saturated carbocycles. The first-order valence-electron chi connectivity index (χ1n) is 6.79. The molecule has 6 nitrogen and oxygen atoms in total. The van der Waals surface area contributed by atoms with Gasteiger partial charge in [0.2, 0.25) is 0 Å². The Hall–Kier alpha value is -2.89. The lowest BCUT2D eigenvalue weighted by Gasteiger charge is -2.12. The number of aryl methyl sites for hydroxylation is 1. The molecule has 0 saturated heterocycles. The largest absolute Gasteiger partial charge is 0.372 e. The van der Waals surface area contributed by atoms with E-state index in [2.05, 4.69) is 10.5 Å². The molecule has 0 aromatic heterocycles. The van der Waals surface area contributed by atoms with Gasteiger partial charge in [-0.25, -0.2) is 0 Å². The normalized spacial score (nSPS) is 10.7. The van der Waals surface area contributed by atoms with Gasteiger partial charge in [-0.05, 0) is 25.1 Å². The van der Waals surface area contributed by atoms with Gasteiger partial charge in [0.25, 0.3) is 5.69 Å². The van der Waals surface area contributed by atoms with E-state index in [-0.39, 0.29) is 10.6 Å². The Morgan fingerprint density at radius 2 is 1.86 bits per heavy atom. The van der Waals surface area contributed by atoms with Crippen LogP contribution in [0.4, 0.5) is 17.1 Å². The Labute approximate surface area is 129 Å². The summed E-state index contributed by atoms with van der Waals surface area (Å²) in [5.74, 6) is 0. The molecule has 0 bridgehead atoms. The molecule has 0 atom stereocenters. The van der Waals surface area contributed by atoms with E-state index in [4.69, 9.17) is 0 Å². The number of rotatable bonds is 5. The van der Waals surface area contributed by atoms with E-state index in [0.717, 1.165) is 5.69 Å². The Morgan fingerprint density at radius 3 is 2.45 bits per heavy atom. The number of nitrogens with one attached hydrogen (secondary N) is 1. The van der Waals surface area contributed by atoms with Crippen LogP contribution in [0.15, 0.2) is 47.6 Å². The van der Waals surface area contributed by atoms with E-state index in [0.29, 0.717) is 11.3 Å². The first-order valence-corrected chi connectivity index (χ1v) is 6.79. The first-order chi connectivity index (χ1) is 10.5. The van der Waals surface area contributed by atoms with Crippen molar-refractivity contribution in [1.82, 2.24) is 0 Å². The second-order valence-electron chi connectivity index (χ2n) is 5.14. The molecule has 0 heterocycles. The van der Waals surface area contributed by atoms with Crippen molar-refractivity contribution in [2.75, 3.05) is 24.4 Å². The quantitative estimate of drug-likeness (QED) is 0.521. The Bertz CT molecular complexity index is 694. The number of anilines is 2. The van der Waals surface area contributed by atoms with Crippen LogP contribution in [-0.2, 0) is 0 Å². The maximum Gasteiger partial charge on any atom is 0.293 e. The van der Waals surface area contributed by atoms with Crippen LogP contribution in [0.3, 0.4) is 0 Å². The third-order valence-corrected chi connectivity index (χ3v) is 3.14. The molecule has 1 N–H and O–H groups in total. The van der Waals surface area contributed by atoms with Crippen LogP contribution in [0, 0.1) is 17.0 Å². The lowest BCUT2D eigenvalue weighted by Crippen LogP contribution is -2.11. The predicted octanol–water partition coefficient (Wildman–Crippen LogP) is 3.42. The number of hydrogen-bond acceptors (Lipinski definition) is 5. The molecular formula is C16H18N4O2. The Balaban J connectivity index is 2.15. The van der Waals surface area contributed by atoms with Crippen molar-refractivity contribution in [1.29, 1.82) is 0 Å². The fourth-order valence-corrected chi connectivity index (χ4v) is 1.95. The van der Waals surface area contributed by atoms with Gasteiger partial charge in [-0.3, -0.25) is 15.5 Å². The van der Waals surface area contributed by atoms with Crippen LogP contribution in [0.5, 0.6) is 0 Å². The van der Waals surface area contributed by atoms with E-state index < -0.39 is 0 Å². The Kier molecular flexibility index (Phi) is 4.73. The van der Waals surface area contributed by atoms with E-state index >= 15 is 0 Å². The minimum atomic E-state index is -0.389. The van der Waals surface area contributed by atoms with Crippen LogP contribution in [-0.4, -0.2) is 25.2 Å². The fraction of sp³-hybridized carbons (Fsp3) is 0.188. The number of benzene rings is 2. The van der Waals surface area contributed by atoms with E-state index in [1.165, 1.54) is 11.6 Å². The highest BCUT2D eigenvalue weighted by molar-refractivity contribution is 5.83. The Morgan fingerprint density at radius 1 is 1.18 bits per heavy atom. The summed E-state index contributed by atoms with van der Waals surface area (Å²) in [5, 5.41) is 15.2. The fourth-order valence-electron chi connectivity index (χ4n) is 1.95. The van der Waals surface area contributed by atoms with E-state index in [9.17, 15) is 10.1 Å². The minimum absolute atomic E-state index is 0.0595. The molecular weight excluding hydrogens is 280 g/mol. The summed E-state index contributed by atoms with van der Waals surface area (Å²) in [6.45, 7) is 2.01. The zero-order valence-corrected chi connectivity index (χ0v) is 12.8. The minimum Gasteiger partial charge on any atom is -0.372 e. The van der Waals surface area contributed by atoms with Gasteiger partial charge in [-0.2, -0.15) is 5.10 Å². The number of nitro groups is 1. The van der Waals surface area contributed by atoms with Crippen molar-refractivity contribution in [2.24, 2.45) is 5.10 Å². The number of nitrogens with zero attached hydrogens (tertiary/aromatic N) is 3. The van der Waals surface area contributed by atoms with Crippen molar-refractivity contribution < 1.29 is 4.92 Å². The van der Waals surface area contributed by atoms with Gasteiger partial charge in [0.05, 0.1) is 16.8 Å². The molecule has 114 valence electrons. The summed E-state index contributed by atoms with van der Waals surface area (Å²) in [6.07, 6.45) is 1.56. The average molecular weight is 298 g/mol. The second-order valence-corrected chi connectivity index (χ2v) is 5.14. The second kappa shape index (κ2) is 6.71. The summed E-state index contributed by atoms with van der Waals surface area (Å²) in [5.41, 5.74) is 6.22. The van der Waals surface area contributed by atoms with E-state index in [1.54, 1.807) is 37.3 Å². The first kappa shape index (κ1) is 15.5. The summed E-state index contributed by atoms with van der Waals surface area (Å²) in [6, 6.07) is 12.8. The molecule has 0 aliphatic heterocycles. The molecule has 2 aromatic carbocycles. The molecule has 0 spiro atoms. The molecule has 0 aliphatic rings. The van der Waals surface area contributed by atoms with Gasteiger partial charge in [-0.1, -0.05) is 23.8 Å². The van der Waals surface area contributed by atoms with Crippen LogP contribution in [0.25, 0.3) is 0 Å². The monoisotopic (exact) mass is 298 g/mol. The van der Waals surface area contributed by atoms with Crippen molar-refractivity contribution in [2.45, 2.75) is 6.92 Å². The number of hydrazone groups is 1. The topological polar surface area (TPSA) is 70.8 Å². The summed E-state index contributed by atoms with van der Waals surface area (Å²) in [7, 11) is 3.55. The molecule has 22 heavy (non-hydrogen) atoms. The van der Waals surface area contributed by atoms with Crippen molar-refractivity contribution in [3.05, 3.63) is 63.7 Å². The highest BCUT2D eigenvalue weighted by atomic mass is 16.6. The van der Waals surface area contributed by atoms with Gasteiger partial charge in [-0.15, -0.1) is 0 Å². The zero-order chi connectivity index (χ0) is 16.1. The van der Waals surface area contributed by atoms with Crippen LogP contribution >= 0.6 is 0 Å². The average Bonchev–Trinajstić information content (AvgIpc) is 2.49. The standard InChI is InChI=1S/C16H18N4O2/c1-12-4-7-14(8-5-12)18-17-11-13-6-9-15(19(2)3)16(10-13)20(21)22/h4-11,18H,1-3H3/b17-11-. The number of hydrogen-bond donors (Lipinski definition) is 1. The lowest BCUT2D eigenvalue weighted by molar-refractivity contribution is -0.384. The molecule has 2 aromatic rings. The van der Waals surface area contributed by atoms with Gasteiger partial charge in [0, 0.05) is 25.7 Å². The molecule has 0 radical (unpaired) electrons. The highest BCUT2D eigenvalue weighted by Crippen LogP contribution is 2.27. The van der Waals surface area contributed by atoms with Crippen molar-refractivity contribution in [3.63, 3.8) is 0 Å². The molecule has 6 heteroatoms. The van der Waals surface area contributed by atoms with E-state index in [1.807, 2.05) is 31.2 Å². The summed E-state index contributed by atoms with van der Waals surface area (Å²) < 4.78 is 0. The van der Waals surface area contributed by atoms with Crippen LogP contribution < -0.4 is 10.3 Å². The van der Waals surface area contributed by atoms with Gasteiger partial charge >= 0.3 is 0 Å². The smallest absolute Gasteiger partial charge is 0.293 e. The van der Waals surface area contributed by atoms with Gasteiger partial charge in [0.1, 0.15) is 5.69 Å². The SMILES string of the molecule is Cc1ccc(N/N=C\c2ccc(N(C)C)c([N+](=O)[O-])c2)cc1. The third-order valence-electron chi connectivity index (χ3n) is 3.14.